The molecule has 0 heterocycles. The molecule has 0 radical (unpaired) electrons. The summed E-state index contributed by atoms with van der Waals surface area (Å²) < 4.78 is 4.80. The van der Waals surface area contributed by atoms with Gasteiger partial charge in [0.25, 0.3) is 0 Å². The number of esters is 1. The van der Waals surface area contributed by atoms with E-state index in [1.807, 2.05) is 0 Å². The predicted octanol–water partition coefficient (Wildman–Crippen LogP) is 0.923. The van der Waals surface area contributed by atoms with E-state index >= 15 is 0 Å². The Morgan fingerprint density at radius 2 is 2.15 bits per heavy atom. The number of ether oxygens (including phenoxy) is 1. The van der Waals surface area contributed by atoms with Crippen LogP contribution in [0.15, 0.2) is 0 Å². The summed E-state index contributed by atoms with van der Waals surface area (Å²) >= 11 is 0. The maximum Gasteiger partial charge on any atom is 0.309 e. The van der Waals surface area contributed by atoms with Crippen molar-refractivity contribution >= 4 is 5.97 Å². The molecule has 0 spiro atoms. The number of hydrogen-bond acceptors (Lipinski definition) is 3. The fraction of sp³-hybridized carbons (Fsp3) is 0.900. The lowest BCUT2D eigenvalue weighted by Crippen LogP contribution is -2.48. The standard InChI is InChI=1S/C10H17NO2/c1-13-10(12)8-4-6-2-3-7(8)9(11)5-6/h6-9H,2-5,11H2,1H3/t6-,7+,8-,9-/m1/s1. The molecule has 0 aromatic carbocycles. The molecule has 3 nitrogen and oxygen atoms in total. The minimum atomic E-state index is -0.0511. The van der Waals surface area contributed by atoms with E-state index in [0.29, 0.717) is 11.8 Å². The molecule has 2 bridgehead atoms. The van der Waals surface area contributed by atoms with Crippen molar-refractivity contribution in [2.24, 2.45) is 23.5 Å². The molecule has 74 valence electrons. The molecule has 3 aliphatic rings. The minimum Gasteiger partial charge on any atom is -0.469 e. The minimum absolute atomic E-state index is 0.0511. The second kappa shape index (κ2) is 3.29. The number of hydrogen-bond donors (Lipinski definition) is 1. The van der Waals surface area contributed by atoms with Crippen LogP contribution in [0, 0.1) is 17.8 Å². The molecule has 0 amide bonds. The zero-order valence-corrected chi connectivity index (χ0v) is 8.03. The average Bonchev–Trinajstić information content (AvgIpc) is 2.17. The number of carbonyl (C=O) groups excluding carboxylic acids is 1. The second-order valence-electron chi connectivity index (χ2n) is 4.37. The van der Waals surface area contributed by atoms with Gasteiger partial charge in [0.1, 0.15) is 0 Å². The molecule has 0 aromatic rings. The topological polar surface area (TPSA) is 52.3 Å². The summed E-state index contributed by atoms with van der Waals surface area (Å²) in [5, 5.41) is 0. The Labute approximate surface area is 78.6 Å². The van der Waals surface area contributed by atoms with E-state index in [1.165, 1.54) is 13.5 Å². The van der Waals surface area contributed by atoms with Crippen LogP contribution < -0.4 is 5.73 Å². The fourth-order valence-corrected chi connectivity index (χ4v) is 2.99. The highest BCUT2D eigenvalue weighted by Crippen LogP contribution is 2.44. The third-order valence-electron chi connectivity index (χ3n) is 3.67. The largest absolute Gasteiger partial charge is 0.469 e. The van der Waals surface area contributed by atoms with Gasteiger partial charge in [-0.05, 0) is 31.1 Å². The van der Waals surface area contributed by atoms with E-state index in [2.05, 4.69) is 0 Å². The molecule has 0 aromatic heterocycles. The zero-order chi connectivity index (χ0) is 9.42. The van der Waals surface area contributed by atoms with Crippen molar-refractivity contribution in [3.05, 3.63) is 0 Å². The first-order valence-electron chi connectivity index (χ1n) is 5.05. The van der Waals surface area contributed by atoms with Crippen LogP contribution in [0.5, 0.6) is 0 Å². The summed E-state index contributed by atoms with van der Waals surface area (Å²) in [4.78, 5) is 11.4. The van der Waals surface area contributed by atoms with Crippen molar-refractivity contribution in [1.82, 2.24) is 0 Å². The van der Waals surface area contributed by atoms with Crippen molar-refractivity contribution in [1.29, 1.82) is 0 Å². The lowest BCUT2D eigenvalue weighted by Gasteiger charge is -2.44. The maximum atomic E-state index is 11.4. The summed E-state index contributed by atoms with van der Waals surface area (Å²) in [7, 11) is 1.47. The average molecular weight is 183 g/mol. The fourth-order valence-electron chi connectivity index (χ4n) is 2.99. The Morgan fingerprint density at radius 3 is 2.69 bits per heavy atom. The predicted molar refractivity (Wildman–Crippen MR) is 48.9 cm³/mol. The zero-order valence-electron chi connectivity index (χ0n) is 8.03. The Hall–Kier alpha value is -0.570. The molecular formula is C10H17NO2. The van der Waals surface area contributed by atoms with Gasteiger partial charge in [-0.3, -0.25) is 4.79 Å². The highest BCUT2D eigenvalue weighted by molar-refractivity contribution is 5.73. The molecule has 3 heteroatoms. The summed E-state index contributed by atoms with van der Waals surface area (Å²) in [6.45, 7) is 0. The third kappa shape index (κ3) is 1.46. The van der Waals surface area contributed by atoms with Crippen LogP contribution in [0.4, 0.5) is 0 Å². The van der Waals surface area contributed by atoms with E-state index in [-0.39, 0.29) is 17.9 Å². The Balaban J connectivity index is 2.10. The van der Waals surface area contributed by atoms with E-state index in [4.69, 9.17) is 10.5 Å². The molecule has 3 aliphatic carbocycles. The van der Waals surface area contributed by atoms with Crippen molar-refractivity contribution in [3.8, 4) is 0 Å². The van der Waals surface area contributed by atoms with Gasteiger partial charge in [-0.15, -0.1) is 0 Å². The quantitative estimate of drug-likeness (QED) is 0.615. The Kier molecular flexibility index (Phi) is 2.28. The molecule has 0 unspecified atom stereocenters. The lowest BCUT2D eigenvalue weighted by molar-refractivity contribution is -0.151. The summed E-state index contributed by atoms with van der Waals surface area (Å²) in [5.74, 6) is 1.10. The molecule has 3 rings (SSSR count). The van der Waals surface area contributed by atoms with Crippen molar-refractivity contribution in [3.63, 3.8) is 0 Å². The van der Waals surface area contributed by atoms with Gasteiger partial charge in [0.15, 0.2) is 0 Å². The number of methoxy groups -OCH3 is 1. The lowest BCUT2D eigenvalue weighted by atomic mass is 9.62. The number of carbonyl (C=O) groups is 1. The summed E-state index contributed by atoms with van der Waals surface area (Å²) in [5.41, 5.74) is 6.00. The number of rotatable bonds is 1. The molecule has 3 fully saturated rings. The molecule has 0 aliphatic heterocycles. The number of fused-ring (bicyclic) bond motifs is 3. The van der Waals surface area contributed by atoms with Crippen LogP contribution in [-0.2, 0) is 9.53 Å². The van der Waals surface area contributed by atoms with Crippen molar-refractivity contribution in [2.45, 2.75) is 31.7 Å². The van der Waals surface area contributed by atoms with Crippen LogP contribution >= 0.6 is 0 Å². The van der Waals surface area contributed by atoms with Crippen LogP contribution in [0.2, 0.25) is 0 Å². The van der Waals surface area contributed by atoms with Gasteiger partial charge >= 0.3 is 5.97 Å². The van der Waals surface area contributed by atoms with Gasteiger partial charge in [-0.2, -0.15) is 0 Å². The van der Waals surface area contributed by atoms with Gasteiger partial charge in [-0.1, -0.05) is 6.42 Å². The summed E-state index contributed by atoms with van der Waals surface area (Å²) in [6, 6.07) is 0.233. The first-order chi connectivity index (χ1) is 6.22. The second-order valence-corrected chi connectivity index (χ2v) is 4.37. The highest BCUT2D eigenvalue weighted by Gasteiger charge is 2.44. The Bertz CT molecular complexity index is 217. The van der Waals surface area contributed by atoms with Crippen LogP contribution in [0.1, 0.15) is 25.7 Å². The van der Waals surface area contributed by atoms with Crippen LogP contribution in [0.25, 0.3) is 0 Å². The normalized spacial score (nSPS) is 43.2. The first-order valence-corrected chi connectivity index (χ1v) is 5.05. The monoisotopic (exact) mass is 183 g/mol. The van der Waals surface area contributed by atoms with Crippen molar-refractivity contribution in [2.75, 3.05) is 7.11 Å². The molecule has 13 heavy (non-hydrogen) atoms. The highest BCUT2D eigenvalue weighted by atomic mass is 16.5. The molecule has 2 N–H and O–H groups in total. The van der Waals surface area contributed by atoms with Gasteiger partial charge < -0.3 is 10.5 Å². The molecule has 0 saturated heterocycles. The smallest absolute Gasteiger partial charge is 0.309 e. The SMILES string of the molecule is COC(=O)[C@@H]1C[C@H]2CC[C@@H]1[C@H](N)C2. The van der Waals surface area contributed by atoms with Gasteiger partial charge in [0.2, 0.25) is 0 Å². The van der Waals surface area contributed by atoms with Crippen molar-refractivity contribution < 1.29 is 9.53 Å². The third-order valence-corrected chi connectivity index (χ3v) is 3.67. The maximum absolute atomic E-state index is 11.4. The van der Waals surface area contributed by atoms with E-state index < -0.39 is 0 Å². The molecular weight excluding hydrogens is 166 g/mol. The van der Waals surface area contributed by atoms with Crippen LogP contribution in [-0.4, -0.2) is 19.1 Å². The van der Waals surface area contributed by atoms with Crippen LogP contribution in [0.3, 0.4) is 0 Å². The Morgan fingerprint density at radius 1 is 1.38 bits per heavy atom. The first kappa shape index (κ1) is 9.00. The number of nitrogens with two attached hydrogens (primary N) is 1. The van der Waals surface area contributed by atoms with E-state index in [0.717, 1.165) is 19.3 Å². The molecule has 3 saturated carbocycles. The van der Waals surface area contributed by atoms with E-state index in [9.17, 15) is 4.79 Å². The molecule has 4 atom stereocenters. The van der Waals surface area contributed by atoms with Gasteiger partial charge in [0.05, 0.1) is 13.0 Å². The van der Waals surface area contributed by atoms with Gasteiger partial charge in [-0.25, -0.2) is 0 Å². The van der Waals surface area contributed by atoms with Gasteiger partial charge in [0, 0.05) is 6.04 Å². The summed E-state index contributed by atoms with van der Waals surface area (Å²) in [6.07, 6.45) is 4.49. The van der Waals surface area contributed by atoms with E-state index in [1.54, 1.807) is 0 Å².